The molecule has 2 rings (SSSR count). The van der Waals surface area contributed by atoms with E-state index in [4.69, 9.17) is 4.74 Å². The molecular formula is C17H22N4O2S. The van der Waals surface area contributed by atoms with Gasteiger partial charge in [0.25, 0.3) is 0 Å². The van der Waals surface area contributed by atoms with Crippen molar-refractivity contribution in [3.8, 4) is 17.1 Å². The summed E-state index contributed by atoms with van der Waals surface area (Å²) in [7, 11) is 1.63. The monoisotopic (exact) mass is 346 g/mol. The van der Waals surface area contributed by atoms with Crippen LogP contribution in [0, 0.1) is 0 Å². The quantitative estimate of drug-likeness (QED) is 0.588. The van der Waals surface area contributed by atoms with Crippen LogP contribution in [0.2, 0.25) is 0 Å². The van der Waals surface area contributed by atoms with Crippen LogP contribution in [0.25, 0.3) is 11.4 Å². The molecule has 1 atom stereocenters. The van der Waals surface area contributed by atoms with Crippen LogP contribution in [0.1, 0.15) is 13.8 Å². The van der Waals surface area contributed by atoms with E-state index < -0.39 is 0 Å². The Hall–Kier alpha value is -2.28. The predicted molar refractivity (Wildman–Crippen MR) is 96.2 cm³/mol. The van der Waals surface area contributed by atoms with E-state index in [1.165, 1.54) is 11.8 Å². The third-order valence-electron chi connectivity index (χ3n) is 3.45. The zero-order valence-corrected chi connectivity index (χ0v) is 15.0. The lowest BCUT2D eigenvalue weighted by Crippen LogP contribution is -2.31. The Morgan fingerprint density at radius 2 is 2.21 bits per heavy atom. The largest absolute Gasteiger partial charge is 0.496 e. The van der Waals surface area contributed by atoms with Crippen LogP contribution in [-0.4, -0.2) is 39.6 Å². The number of methoxy groups -OCH3 is 1. The maximum atomic E-state index is 12.0. The zero-order valence-electron chi connectivity index (χ0n) is 14.2. The van der Waals surface area contributed by atoms with Crippen molar-refractivity contribution < 1.29 is 9.53 Å². The molecule has 0 aliphatic heterocycles. The summed E-state index contributed by atoms with van der Waals surface area (Å²) in [6.45, 7) is 8.62. The second-order valence-corrected chi connectivity index (χ2v) is 6.35. The molecule has 0 spiro atoms. The van der Waals surface area contributed by atoms with E-state index in [9.17, 15) is 4.79 Å². The van der Waals surface area contributed by atoms with Crippen molar-refractivity contribution in [1.82, 2.24) is 20.1 Å². The maximum Gasteiger partial charge on any atom is 0.233 e. The van der Waals surface area contributed by atoms with Gasteiger partial charge in [0.1, 0.15) is 5.75 Å². The average Bonchev–Trinajstić information content (AvgIpc) is 3.01. The second kappa shape index (κ2) is 8.54. The Labute approximate surface area is 146 Å². The molecule has 6 nitrogen and oxygen atoms in total. The molecule has 0 fully saturated rings. The minimum absolute atomic E-state index is 0.0515. The number of para-hydroxylation sites is 1. The van der Waals surface area contributed by atoms with Gasteiger partial charge < -0.3 is 14.6 Å². The maximum absolute atomic E-state index is 12.0. The molecule has 128 valence electrons. The van der Waals surface area contributed by atoms with Crippen molar-refractivity contribution in [3.63, 3.8) is 0 Å². The summed E-state index contributed by atoms with van der Waals surface area (Å²) in [5, 5.41) is 11.8. The van der Waals surface area contributed by atoms with Gasteiger partial charge in [-0.25, -0.2) is 0 Å². The molecule has 7 heteroatoms. The van der Waals surface area contributed by atoms with Crippen LogP contribution >= 0.6 is 11.8 Å². The molecule has 0 aliphatic rings. The Bertz CT molecular complexity index is 714. The molecule has 0 radical (unpaired) electrons. The van der Waals surface area contributed by atoms with Gasteiger partial charge >= 0.3 is 0 Å². The average molecular weight is 346 g/mol. The zero-order chi connectivity index (χ0) is 17.5. The molecule has 1 N–H and O–H groups in total. The molecule has 0 saturated heterocycles. The topological polar surface area (TPSA) is 69.0 Å². The van der Waals surface area contributed by atoms with Gasteiger partial charge in [-0.05, 0) is 26.0 Å². The van der Waals surface area contributed by atoms with E-state index in [2.05, 4.69) is 22.1 Å². The fourth-order valence-corrected chi connectivity index (χ4v) is 3.16. The lowest BCUT2D eigenvalue weighted by atomic mass is 10.2. The van der Waals surface area contributed by atoms with Gasteiger partial charge in [-0.15, -0.1) is 16.8 Å². The molecule has 1 aromatic carbocycles. The highest BCUT2D eigenvalue weighted by atomic mass is 32.2. The predicted octanol–water partition coefficient (Wildman–Crippen LogP) is 2.76. The van der Waals surface area contributed by atoms with Crippen LogP contribution in [0.3, 0.4) is 0 Å². The number of nitrogens with one attached hydrogen (secondary N) is 1. The minimum atomic E-state index is -0.273. The highest BCUT2D eigenvalue weighted by Crippen LogP contribution is 2.31. The first-order valence-corrected chi connectivity index (χ1v) is 8.62. The normalized spacial score (nSPS) is 11.8. The summed E-state index contributed by atoms with van der Waals surface area (Å²) in [5.41, 5.74) is 0.880. The smallest absolute Gasteiger partial charge is 0.233 e. The summed E-state index contributed by atoms with van der Waals surface area (Å²) >= 11 is 1.38. The van der Waals surface area contributed by atoms with E-state index in [0.29, 0.717) is 18.2 Å². The number of carbonyl (C=O) groups excluding carboxylic acids is 1. The van der Waals surface area contributed by atoms with Crippen LogP contribution in [0.15, 0.2) is 42.1 Å². The number of aromatic nitrogens is 3. The van der Waals surface area contributed by atoms with E-state index in [0.717, 1.165) is 17.1 Å². The first-order chi connectivity index (χ1) is 11.6. The fraction of sp³-hybridized carbons (Fsp3) is 0.353. The highest BCUT2D eigenvalue weighted by molar-refractivity contribution is 8.00. The summed E-state index contributed by atoms with van der Waals surface area (Å²) in [4.78, 5) is 12.0. The first-order valence-electron chi connectivity index (χ1n) is 7.74. The molecule has 1 aromatic heterocycles. The van der Waals surface area contributed by atoms with Crippen molar-refractivity contribution in [1.29, 1.82) is 0 Å². The van der Waals surface area contributed by atoms with Crippen LogP contribution in [0.5, 0.6) is 5.75 Å². The van der Waals surface area contributed by atoms with Gasteiger partial charge in [0.2, 0.25) is 5.91 Å². The number of carbonyl (C=O) groups is 1. The van der Waals surface area contributed by atoms with Gasteiger partial charge in [-0.1, -0.05) is 30.0 Å². The Morgan fingerprint density at radius 3 is 2.88 bits per heavy atom. The third kappa shape index (κ3) is 3.97. The van der Waals surface area contributed by atoms with Crippen molar-refractivity contribution in [2.24, 2.45) is 0 Å². The fourth-order valence-electron chi connectivity index (χ4n) is 2.22. The van der Waals surface area contributed by atoms with E-state index in [-0.39, 0.29) is 11.2 Å². The van der Waals surface area contributed by atoms with Crippen molar-refractivity contribution in [2.75, 3.05) is 13.7 Å². The molecule has 1 amide bonds. The van der Waals surface area contributed by atoms with Gasteiger partial charge in [0.05, 0.1) is 17.9 Å². The lowest BCUT2D eigenvalue weighted by Gasteiger charge is -2.13. The second-order valence-electron chi connectivity index (χ2n) is 5.04. The molecule has 24 heavy (non-hydrogen) atoms. The Morgan fingerprint density at radius 1 is 1.46 bits per heavy atom. The van der Waals surface area contributed by atoms with Gasteiger partial charge in [0.15, 0.2) is 11.0 Å². The summed E-state index contributed by atoms with van der Waals surface area (Å²) in [6.07, 6.45) is 1.66. The van der Waals surface area contributed by atoms with E-state index in [1.54, 1.807) is 13.2 Å². The van der Waals surface area contributed by atoms with E-state index >= 15 is 0 Å². The molecule has 0 aliphatic carbocycles. The number of rotatable bonds is 8. The molecule has 0 bridgehead atoms. The molecule has 2 aromatic rings. The Kier molecular flexibility index (Phi) is 6.43. The number of nitrogens with zero attached hydrogens (tertiary/aromatic N) is 3. The van der Waals surface area contributed by atoms with Crippen LogP contribution in [0.4, 0.5) is 0 Å². The Balaban J connectivity index is 2.26. The molecule has 0 saturated carbocycles. The summed E-state index contributed by atoms with van der Waals surface area (Å²) in [5.74, 6) is 1.42. The number of hydrogen-bond donors (Lipinski definition) is 1. The van der Waals surface area contributed by atoms with Crippen molar-refractivity contribution in [3.05, 3.63) is 36.9 Å². The summed E-state index contributed by atoms with van der Waals surface area (Å²) < 4.78 is 7.40. The number of ether oxygens (including phenoxy) is 1. The number of benzene rings is 1. The third-order valence-corrected chi connectivity index (χ3v) is 4.53. The summed E-state index contributed by atoms with van der Waals surface area (Å²) in [6, 6.07) is 7.69. The minimum Gasteiger partial charge on any atom is -0.496 e. The van der Waals surface area contributed by atoms with Crippen LogP contribution in [-0.2, 0) is 11.3 Å². The molecule has 1 heterocycles. The number of amides is 1. The molecule has 1 unspecified atom stereocenters. The lowest BCUT2D eigenvalue weighted by molar-refractivity contribution is -0.120. The van der Waals surface area contributed by atoms with Gasteiger partial charge in [-0.3, -0.25) is 4.79 Å². The van der Waals surface area contributed by atoms with E-state index in [1.807, 2.05) is 42.7 Å². The SMILES string of the molecule is C=CCNC(=O)C(C)Sc1nnc(-c2ccccc2OC)n1CC. The van der Waals surface area contributed by atoms with Crippen molar-refractivity contribution in [2.45, 2.75) is 30.8 Å². The van der Waals surface area contributed by atoms with Crippen molar-refractivity contribution >= 4 is 17.7 Å². The van der Waals surface area contributed by atoms with Gasteiger partial charge in [0, 0.05) is 13.1 Å². The number of hydrogen-bond acceptors (Lipinski definition) is 5. The van der Waals surface area contributed by atoms with Crippen LogP contribution < -0.4 is 10.1 Å². The number of thioether (sulfide) groups is 1. The van der Waals surface area contributed by atoms with Gasteiger partial charge in [-0.2, -0.15) is 0 Å². The molecular weight excluding hydrogens is 324 g/mol. The first kappa shape index (κ1) is 18.1. The highest BCUT2D eigenvalue weighted by Gasteiger charge is 2.21. The standard InChI is InChI=1S/C17H22N4O2S/c1-5-11-18-16(22)12(3)24-17-20-19-15(21(17)6-2)13-9-7-8-10-14(13)23-4/h5,7-10,12H,1,6,11H2,2-4H3,(H,18,22).